The van der Waals surface area contributed by atoms with Crippen LogP contribution >= 0.6 is 0 Å². The van der Waals surface area contributed by atoms with Crippen LogP contribution in [0.5, 0.6) is 11.5 Å². The Hall–Kier alpha value is -3.39. The number of anilines is 1. The number of aryl methyl sites for hydroxylation is 1. The van der Waals surface area contributed by atoms with Crippen LogP contribution in [0.15, 0.2) is 55.0 Å². The average Bonchev–Trinajstić information content (AvgIpc) is 3.49. The van der Waals surface area contributed by atoms with Crippen molar-refractivity contribution in [2.45, 2.75) is 25.4 Å². The molecule has 1 aromatic heterocycles. The third-order valence-corrected chi connectivity index (χ3v) is 5.78. The van der Waals surface area contributed by atoms with E-state index < -0.39 is 0 Å². The van der Waals surface area contributed by atoms with E-state index >= 15 is 0 Å². The maximum absolute atomic E-state index is 13.0. The molecule has 2 aliphatic heterocycles. The van der Waals surface area contributed by atoms with Crippen molar-refractivity contribution in [1.29, 1.82) is 0 Å². The summed E-state index contributed by atoms with van der Waals surface area (Å²) in [4.78, 5) is 19.4. The number of halogens is 1. The van der Waals surface area contributed by atoms with Gasteiger partial charge in [-0.25, -0.2) is 4.98 Å². The van der Waals surface area contributed by atoms with E-state index in [4.69, 9.17) is 9.47 Å². The van der Waals surface area contributed by atoms with E-state index in [9.17, 15) is 4.79 Å². The van der Waals surface area contributed by atoms with Crippen LogP contribution in [-0.4, -0.2) is 39.7 Å². The number of benzene rings is 2. The van der Waals surface area contributed by atoms with E-state index in [1.165, 1.54) is 0 Å². The van der Waals surface area contributed by atoms with Crippen LogP contribution in [0.3, 0.4) is 0 Å². The van der Waals surface area contributed by atoms with Gasteiger partial charge in [-0.1, -0.05) is 24.3 Å². The summed E-state index contributed by atoms with van der Waals surface area (Å²) < 4.78 is 13.1. The van der Waals surface area contributed by atoms with Crippen molar-refractivity contribution in [2.24, 2.45) is 7.05 Å². The maximum Gasteiger partial charge on any atom is 0.241 e. The lowest BCUT2D eigenvalue weighted by Crippen LogP contribution is -2.39. The van der Waals surface area contributed by atoms with Gasteiger partial charge in [-0.2, -0.15) is 0 Å². The molecule has 8 heteroatoms. The van der Waals surface area contributed by atoms with Crippen LogP contribution in [0.25, 0.3) is 11.3 Å². The molecule has 1 N–H and O–H groups in total. The van der Waals surface area contributed by atoms with E-state index in [0.29, 0.717) is 6.54 Å². The molecule has 1 saturated heterocycles. The zero-order valence-corrected chi connectivity index (χ0v) is 17.3. The minimum absolute atomic E-state index is 0. The van der Waals surface area contributed by atoms with Crippen molar-refractivity contribution in [2.75, 3.05) is 18.7 Å². The Morgan fingerprint density at radius 3 is 2.84 bits per heavy atom. The molecule has 31 heavy (non-hydrogen) atoms. The number of likely N-dealkylation sites (tertiary alicyclic amines) is 1. The van der Waals surface area contributed by atoms with Crippen LogP contribution in [0.4, 0.5) is 10.4 Å². The van der Waals surface area contributed by atoms with E-state index in [-0.39, 0.29) is 24.9 Å². The van der Waals surface area contributed by atoms with Crippen LogP contribution in [0.1, 0.15) is 19.8 Å². The first-order valence-corrected chi connectivity index (χ1v) is 10.2. The molecule has 1 atom stereocenters. The highest BCUT2D eigenvalue weighted by Gasteiger charge is 2.32. The van der Waals surface area contributed by atoms with E-state index in [1.807, 2.05) is 60.3 Å². The Kier molecular flexibility index (Phi) is 5.90. The van der Waals surface area contributed by atoms with Crippen molar-refractivity contribution in [3.63, 3.8) is 0 Å². The van der Waals surface area contributed by atoms with Gasteiger partial charge in [0.1, 0.15) is 0 Å². The fraction of sp³-hybridized carbons (Fsp3) is 0.304. The maximum atomic E-state index is 13.0. The molecule has 0 unspecified atom stereocenters. The van der Waals surface area contributed by atoms with Gasteiger partial charge in [0.2, 0.25) is 12.7 Å². The molecule has 1 fully saturated rings. The van der Waals surface area contributed by atoms with Crippen molar-refractivity contribution in [3.8, 4) is 22.8 Å². The summed E-state index contributed by atoms with van der Waals surface area (Å²) in [6, 6.07) is 13.7. The summed E-state index contributed by atoms with van der Waals surface area (Å²) in [5.41, 5.74) is 3.97. The Labute approximate surface area is 181 Å². The number of hydrogen-bond acceptors (Lipinski definition) is 5. The standard InChI is InChI=1S/C23H24N4O3.FH.H2/c1-26-14-24-12-20(26)16-7-9-18(10-8-16)25-23(28)19-5-3-11-27(19)13-17-4-2-6-21-22(17)30-15-29-21;;/h2,4,6-10,12,14,19H,3,5,11,13,15H2,1H3,(H,25,28);2*1H/t19-;;/m1../s1. The summed E-state index contributed by atoms with van der Waals surface area (Å²) in [6.07, 6.45) is 5.47. The van der Waals surface area contributed by atoms with Gasteiger partial charge in [0.15, 0.2) is 11.5 Å². The molecule has 3 aromatic rings. The first-order valence-electron chi connectivity index (χ1n) is 10.2. The van der Waals surface area contributed by atoms with Crippen molar-refractivity contribution >= 4 is 11.6 Å². The number of nitrogens with zero attached hydrogens (tertiary/aromatic N) is 3. The molecule has 0 spiro atoms. The molecule has 3 heterocycles. The number of rotatable bonds is 5. The molecule has 2 aromatic carbocycles. The predicted molar refractivity (Wildman–Crippen MR) is 118 cm³/mol. The highest BCUT2D eigenvalue weighted by atomic mass is 19.0. The molecule has 0 bridgehead atoms. The number of amides is 1. The van der Waals surface area contributed by atoms with Gasteiger partial charge in [-0.3, -0.25) is 14.4 Å². The molecular formula is C23H27FN4O3. The molecule has 1 amide bonds. The zero-order chi connectivity index (χ0) is 20.5. The second-order valence-electron chi connectivity index (χ2n) is 7.74. The van der Waals surface area contributed by atoms with Crippen LogP contribution in [-0.2, 0) is 18.4 Å². The number of nitrogens with one attached hydrogen (secondary N) is 1. The fourth-order valence-corrected chi connectivity index (χ4v) is 4.23. The molecule has 0 radical (unpaired) electrons. The molecule has 164 valence electrons. The fourth-order valence-electron chi connectivity index (χ4n) is 4.23. The van der Waals surface area contributed by atoms with Gasteiger partial charge in [-0.15, -0.1) is 0 Å². The van der Waals surface area contributed by atoms with Gasteiger partial charge in [0, 0.05) is 26.3 Å². The molecule has 7 nitrogen and oxygen atoms in total. The summed E-state index contributed by atoms with van der Waals surface area (Å²) in [6.45, 7) is 1.82. The number of carbonyl (C=O) groups excluding carboxylic acids is 1. The van der Waals surface area contributed by atoms with Crippen molar-refractivity contribution < 1.29 is 20.4 Å². The summed E-state index contributed by atoms with van der Waals surface area (Å²) in [7, 11) is 1.96. The lowest BCUT2D eigenvalue weighted by molar-refractivity contribution is -0.120. The number of imidazole rings is 1. The lowest BCUT2D eigenvalue weighted by Gasteiger charge is -2.24. The Morgan fingerprint density at radius 1 is 1.23 bits per heavy atom. The number of fused-ring (bicyclic) bond motifs is 1. The summed E-state index contributed by atoms with van der Waals surface area (Å²) in [5, 5.41) is 3.08. The number of para-hydroxylation sites is 1. The molecule has 5 rings (SSSR count). The van der Waals surface area contributed by atoms with Gasteiger partial charge in [0.05, 0.1) is 24.3 Å². The van der Waals surface area contributed by atoms with E-state index in [1.54, 1.807) is 6.33 Å². The smallest absolute Gasteiger partial charge is 0.241 e. The second-order valence-corrected chi connectivity index (χ2v) is 7.74. The molecule has 0 saturated carbocycles. The van der Waals surface area contributed by atoms with Crippen molar-refractivity contribution in [1.82, 2.24) is 14.5 Å². The van der Waals surface area contributed by atoms with Gasteiger partial charge in [-0.05, 0) is 43.1 Å². The highest BCUT2D eigenvalue weighted by Crippen LogP contribution is 2.37. The van der Waals surface area contributed by atoms with E-state index in [2.05, 4.69) is 15.2 Å². The van der Waals surface area contributed by atoms with Crippen LogP contribution in [0, 0.1) is 0 Å². The minimum atomic E-state index is -0.153. The number of ether oxygens (including phenoxy) is 2. The molecule has 0 aliphatic carbocycles. The van der Waals surface area contributed by atoms with E-state index in [0.717, 1.165) is 53.4 Å². The normalized spacial score (nSPS) is 17.4. The van der Waals surface area contributed by atoms with Gasteiger partial charge in [0.25, 0.3) is 0 Å². The predicted octanol–water partition coefficient (Wildman–Crippen LogP) is 3.82. The van der Waals surface area contributed by atoms with Crippen LogP contribution < -0.4 is 14.8 Å². The van der Waals surface area contributed by atoms with Gasteiger partial charge >= 0.3 is 0 Å². The zero-order valence-electron chi connectivity index (χ0n) is 17.3. The SMILES string of the molecule is Cn1cncc1-c1ccc(NC(=O)[C@H]2CCCN2Cc2cccc3c2OCO3)cc1.F.[HH]. The topological polar surface area (TPSA) is 68.6 Å². The Morgan fingerprint density at radius 2 is 2.06 bits per heavy atom. The largest absolute Gasteiger partial charge is 0.454 e. The third kappa shape index (κ3) is 4.11. The Bertz CT molecular complexity index is 1070. The van der Waals surface area contributed by atoms with Crippen molar-refractivity contribution in [3.05, 3.63) is 60.6 Å². The monoisotopic (exact) mass is 426 g/mol. The quantitative estimate of drug-likeness (QED) is 0.672. The molecular weight excluding hydrogens is 399 g/mol. The van der Waals surface area contributed by atoms with Crippen LogP contribution in [0.2, 0.25) is 0 Å². The number of hydrogen-bond donors (Lipinski definition) is 1. The highest BCUT2D eigenvalue weighted by molar-refractivity contribution is 5.95. The summed E-state index contributed by atoms with van der Waals surface area (Å²) >= 11 is 0. The first-order chi connectivity index (χ1) is 14.7. The summed E-state index contributed by atoms with van der Waals surface area (Å²) in [5.74, 6) is 1.61. The Balaban J connectivity index is 0.00000144. The molecule has 2 aliphatic rings. The number of aromatic nitrogens is 2. The average molecular weight is 426 g/mol. The first kappa shape index (κ1) is 20.9. The minimum Gasteiger partial charge on any atom is -0.454 e. The third-order valence-electron chi connectivity index (χ3n) is 5.78. The lowest BCUT2D eigenvalue weighted by atomic mass is 10.1. The van der Waals surface area contributed by atoms with Gasteiger partial charge < -0.3 is 19.4 Å². The number of carbonyl (C=O) groups is 1. The second kappa shape index (κ2) is 8.77.